The first kappa shape index (κ1) is 15.9. The average Bonchev–Trinajstić information content (AvgIpc) is 3.03. The van der Waals surface area contributed by atoms with Crippen LogP contribution in [-0.4, -0.2) is 54.2 Å². The van der Waals surface area contributed by atoms with Crippen LogP contribution in [-0.2, 0) is 26.0 Å². The topological polar surface area (TPSA) is 96.4 Å². The number of pyridine rings is 1. The summed E-state index contributed by atoms with van der Waals surface area (Å²) >= 11 is 0. The van der Waals surface area contributed by atoms with E-state index in [-0.39, 0.29) is 35.8 Å². The van der Waals surface area contributed by atoms with Crippen molar-refractivity contribution in [2.45, 2.75) is 25.4 Å². The van der Waals surface area contributed by atoms with Gasteiger partial charge in [-0.1, -0.05) is 0 Å². The van der Waals surface area contributed by atoms with E-state index in [0.29, 0.717) is 19.5 Å². The largest absolute Gasteiger partial charge is 0.352 e. The number of nitrogens with one attached hydrogen (secondary N) is 1. The highest BCUT2D eigenvalue weighted by Crippen LogP contribution is 2.21. The minimum atomic E-state index is -3.02. The van der Waals surface area contributed by atoms with Gasteiger partial charge < -0.3 is 10.2 Å². The number of sulfone groups is 1. The van der Waals surface area contributed by atoms with Crippen LogP contribution in [0.5, 0.6) is 0 Å². The number of nitrogens with zero attached hydrogens (tertiary/aromatic N) is 2. The number of carbonyl (C=O) groups is 2. The monoisotopic (exact) mass is 337 g/mol. The lowest BCUT2D eigenvalue weighted by Gasteiger charge is -2.17. The van der Waals surface area contributed by atoms with E-state index in [1.54, 1.807) is 17.3 Å². The van der Waals surface area contributed by atoms with Gasteiger partial charge in [-0.3, -0.25) is 14.6 Å². The van der Waals surface area contributed by atoms with Crippen LogP contribution in [0.1, 0.15) is 18.4 Å². The van der Waals surface area contributed by atoms with Gasteiger partial charge in [-0.15, -0.1) is 0 Å². The first-order valence-electron chi connectivity index (χ1n) is 7.60. The Balaban J connectivity index is 1.56. The minimum Gasteiger partial charge on any atom is -0.352 e. The number of hydrogen-bond acceptors (Lipinski definition) is 5. The molecule has 2 aliphatic heterocycles. The van der Waals surface area contributed by atoms with E-state index in [1.165, 1.54) is 0 Å². The summed E-state index contributed by atoms with van der Waals surface area (Å²) in [5.41, 5.74) is 0.969. The third-order valence-electron chi connectivity index (χ3n) is 4.29. The quantitative estimate of drug-likeness (QED) is 0.816. The lowest BCUT2D eigenvalue weighted by Crippen LogP contribution is -2.40. The van der Waals surface area contributed by atoms with Gasteiger partial charge in [-0.25, -0.2) is 8.42 Å². The summed E-state index contributed by atoms with van der Waals surface area (Å²) in [6.07, 6.45) is 3.97. The maximum atomic E-state index is 12.3. The first-order chi connectivity index (χ1) is 10.9. The average molecular weight is 337 g/mol. The van der Waals surface area contributed by atoms with Gasteiger partial charge in [0.15, 0.2) is 9.84 Å². The lowest BCUT2D eigenvalue weighted by molar-refractivity contribution is -0.129. The lowest BCUT2D eigenvalue weighted by atomic mass is 10.1. The molecule has 2 atom stereocenters. The first-order valence-corrected chi connectivity index (χ1v) is 9.42. The Morgan fingerprint density at radius 1 is 1.35 bits per heavy atom. The summed E-state index contributed by atoms with van der Waals surface area (Å²) in [6, 6.07) is 3.35. The molecule has 0 saturated carbocycles. The van der Waals surface area contributed by atoms with Crippen LogP contribution in [0, 0.1) is 5.92 Å². The van der Waals surface area contributed by atoms with E-state index >= 15 is 0 Å². The molecule has 0 bridgehead atoms. The highest BCUT2D eigenvalue weighted by molar-refractivity contribution is 7.91. The zero-order valence-electron chi connectivity index (χ0n) is 12.6. The Morgan fingerprint density at radius 2 is 2.09 bits per heavy atom. The van der Waals surface area contributed by atoms with Gasteiger partial charge in [-0.2, -0.15) is 0 Å². The third kappa shape index (κ3) is 3.87. The molecule has 8 heteroatoms. The van der Waals surface area contributed by atoms with Crippen LogP contribution in [0.2, 0.25) is 0 Å². The Hall–Kier alpha value is -1.96. The summed E-state index contributed by atoms with van der Waals surface area (Å²) < 4.78 is 22.9. The van der Waals surface area contributed by atoms with Gasteiger partial charge in [0, 0.05) is 37.9 Å². The molecule has 0 aliphatic carbocycles. The highest BCUT2D eigenvalue weighted by Gasteiger charge is 2.36. The fourth-order valence-electron chi connectivity index (χ4n) is 3.04. The molecule has 0 radical (unpaired) electrons. The Kier molecular flexibility index (Phi) is 4.34. The van der Waals surface area contributed by atoms with Crippen molar-refractivity contribution in [2.75, 3.05) is 18.1 Å². The van der Waals surface area contributed by atoms with Gasteiger partial charge in [0.1, 0.15) is 0 Å². The van der Waals surface area contributed by atoms with Gasteiger partial charge in [0.2, 0.25) is 11.8 Å². The van der Waals surface area contributed by atoms with E-state index in [0.717, 1.165) is 5.56 Å². The van der Waals surface area contributed by atoms with E-state index in [4.69, 9.17) is 0 Å². The van der Waals surface area contributed by atoms with Crippen LogP contribution in [0.4, 0.5) is 0 Å². The van der Waals surface area contributed by atoms with Crippen molar-refractivity contribution < 1.29 is 18.0 Å². The van der Waals surface area contributed by atoms with E-state index in [9.17, 15) is 18.0 Å². The molecule has 7 nitrogen and oxygen atoms in total. The molecule has 23 heavy (non-hydrogen) atoms. The van der Waals surface area contributed by atoms with Crippen LogP contribution >= 0.6 is 0 Å². The standard InChI is InChI=1S/C15H19N3O4S/c19-14-7-12(9-18(14)8-11-1-4-16-5-2-11)15(20)17-13-3-6-23(21,22)10-13/h1-2,4-5,12-13H,3,6-10H2,(H,17,20). The van der Waals surface area contributed by atoms with Crippen molar-refractivity contribution >= 4 is 21.7 Å². The van der Waals surface area contributed by atoms with Crippen LogP contribution in [0.25, 0.3) is 0 Å². The van der Waals surface area contributed by atoms with Gasteiger partial charge in [0.25, 0.3) is 0 Å². The van der Waals surface area contributed by atoms with Gasteiger partial charge >= 0.3 is 0 Å². The molecule has 2 amide bonds. The van der Waals surface area contributed by atoms with Crippen molar-refractivity contribution in [3.8, 4) is 0 Å². The molecular weight excluding hydrogens is 318 g/mol. The molecule has 1 aromatic rings. The number of hydrogen-bond donors (Lipinski definition) is 1. The second kappa shape index (κ2) is 6.27. The van der Waals surface area contributed by atoms with Crippen molar-refractivity contribution in [1.82, 2.24) is 15.2 Å². The SMILES string of the molecule is O=C(NC1CCS(=O)(=O)C1)C1CC(=O)N(Cc2ccncc2)C1. The molecule has 1 aromatic heterocycles. The number of likely N-dealkylation sites (tertiary alicyclic amines) is 1. The summed E-state index contributed by atoms with van der Waals surface area (Å²) in [7, 11) is -3.02. The molecule has 2 fully saturated rings. The summed E-state index contributed by atoms with van der Waals surface area (Å²) in [5, 5.41) is 2.77. The molecule has 1 N–H and O–H groups in total. The Bertz CT molecular complexity index is 705. The van der Waals surface area contributed by atoms with Crippen molar-refractivity contribution in [3.05, 3.63) is 30.1 Å². The fraction of sp³-hybridized carbons (Fsp3) is 0.533. The molecule has 2 unspecified atom stereocenters. The summed E-state index contributed by atoms with van der Waals surface area (Å²) in [5.74, 6) is -0.568. The smallest absolute Gasteiger partial charge is 0.225 e. The Labute approximate surface area is 135 Å². The second-order valence-corrected chi connectivity index (χ2v) is 8.37. The molecule has 0 aromatic carbocycles. The van der Waals surface area contributed by atoms with Crippen LogP contribution in [0.3, 0.4) is 0 Å². The predicted molar refractivity (Wildman–Crippen MR) is 83.0 cm³/mol. The molecule has 3 rings (SSSR count). The number of aromatic nitrogens is 1. The predicted octanol–water partition coefficient (Wildman–Crippen LogP) is -0.267. The minimum absolute atomic E-state index is 0.000135. The zero-order chi connectivity index (χ0) is 16.4. The van der Waals surface area contributed by atoms with Crippen molar-refractivity contribution in [2.24, 2.45) is 5.92 Å². The number of rotatable bonds is 4. The molecule has 2 aliphatic rings. The normalized spacial score (nSPS) is 26.4. The van der Waals surface area contributed by atoms with E-state index in [1.807, 2.05) is 12.1 Å². The molecule has 0 spiro atoms. The molecule has 3 heterocycles. The van der Waals surface area contributed by atoms with Crippen molar-refractivity contribution in [3.63, 3.8) is 0 Å². The van der Waals surface area contributed by atoms with Crippen molar-refractivity contribution in [1.29, 1.82) is 0 Å². The second-order valence-electron chi connectivity index (χ2n) is 6.14. The van der Waals surface area contributed by atoms with Gasteiger partial charge in [0.05, 0.1) is 17.4 Å². The van der Waals surface area contributed by atoms with Gasteiger partial charge in [-0.05, 0) is 24.1 Å². The maximum absolute atomic E-state index is 12.3. The van der Waals surface area contributed by atoms with E-state index < -0.39 is 15.8 Å². The molecule has 124 valence electrons. The van der Waals surface area contributed by atoms with Crippen LogP contribution < -0.4 is 5.32 Å². The molecular formula is C15H19N3O4S. The third-order valence-corrected chi connectivity index (χ3v) is 6.05. The molecule has 2 saturated heterocycles. The zero-order valence-corrected chi connectivity index (χ0v) is 13.5. The number of carbonyl (C=O) groups excluding carboxylic acids is 2. The summed E-state index contributed by atoms with van der Waals surface area (Å²) in [4.78, 5) is 29.9. The maximum Gasteiger partial charge on any atom is 0.225 e. The Morgan fingerprint density at radius 3 is 2.74 bits per heavy atom. The number of amides is 2. The summed E-state index contributed by atoms with van der Waals surface area (Å²) in [6.45, 7) is 0.829. The van der Waals surface area contributed by atoms with Crippen LogP contribution in [0.15, 0.2) is 24.5 Å². The van der Waals surface area contributed by atoms with E-state index in [2.05, 4.69) is 10.3 Å². The highest BCUT2D eigenvalue weighted by atomic mass is 32.2. The fourth-order valence-corrected chi connectivity index (χ4v) is 4.71.